The number of carbonyl (C=O) groups is 1. The molecule has 1 aliphatic heterocycles. The van der Waals surface area contributed by atoms with Crippen LogP contribution in [0.25, 0.3) is 0 Å². The summed E-state index contributed by atoms with van der Waals surface area (Å²) in [7, 11) is 2.00. The molecule has 134 valence electrons. The molecule has 1 fully saturated rings. The second-order valence-corrected chi connectivity index (χ2v) is 6.57. The summed E-state index contributed by atoms with van der Waals surface area (Å²) >= 11 is 0. The summed E-state index contributed by atoms with van der Waals surface area (Å²) in [5, 5.41) is 3.85. The smallest absolute Gasteiger partial charge is 0.260 e. The SMILES string of the molecule is Cc1ccc(OCC(=O)N2CCN(C)[C@@H](c3nc(C)no3)C2)c(C)c1. The first kappa shape index (κ1) is 17.4. The fourth-order valence-electron chi connectivity index (χ4n) is 3.01. The molecule has 1 amide bonds. The number of rotatable bonds is 4. The van der Waals surface area contributed by atoms with Crippen LogP contribution in [0.1, 0.15) is 28.9 Å². The Morgan fingerprint density at radius 3 is 2.80 bits per heavy atom. The van der Waals surface area contributed by atoms with Gasteiger partial charge in [0.1, 0.15) is 11.8 Å². The fourth-order valence-corrected chi connectivity index (χ4v) is 3.01. The number of hydrogen-bond acceptors (Lipinski definition) is 6. The highest BCUT2D eigenvalue weighted by molar-refractivity contribution is 5.78. The van der Waals surface area contributed by atoms with E-state index in [1.54, 1.807) is 11.8 Å². The van der Waals surface area contributed by atoms with Crippen molar-refractivity contribution in [2.75, 3.05) is 33.3 Å². The van der Waals surface area contributed by atoms with Crippen LogP contribution in [0.5, 0.6) is 5.75 Å². The number of piperazine rings is 1. The van der Waals surface area contributed by atoms with Crippen LogP contribution in [0.2, 0.25) is 0 Å². The topological polar surface area (TPSA) is 71.7 Å². The quantitative estimate of drug-likeness (QED) is 0.843. The van der Waals surface area contributed by atoms with Gasteiger partial charge < -0.3 is 14.2 Å². The molecule has 1 atom stereocenters. The zero-order valence-electron chi connectivity index (χ0n) is 15.2. The molecule has 0 unspecified atom stereocenters. The Hall–Kier alpha value is -2.41. The van der Waals surface area contributed by atoms with E-state index in [0.29, 0.717) is 24.8 Å². The number of aromatic nitrogens is 2. The van der Waals surface area contributed by atoms with Gasteiger partial charge in [-0.2, -0.15) is 4.98 Å². The van der Waals surface area contributed by atoms with Gasteiger partial charge in [0, 0.05) is 19.6 Å². The standard InChI is InChI=1S/C18H24N4O3/c1-12-5-6-16(13(2)9-12)24-11-17(23)22-8-7-21(4)15(10-22)18-19-14(3)20-25-18/h5-6,9,15H,7-8,10-11H2,1-4H3/t15-/m1/s1. The van der Waals surface area contributed by atoms with E-state index in [9.17, 15) is 4.79 Å². The monoisotopic (exact) mass is 344 g/mol. The van der Waals surface area contributed by atoms with E-state index in [4.69, 9.17) is 9.26 Å². The maximum absolute atomic E-state index is 12.6. The third kappa shape index (κ3) is 3.99. The maximum atomic E-state index is 12.6. The Morgan fingerprint density at radius 2 is 2.12 bits per heavy atom. The average molecular weight is 344 g/mol. The van der Waals surface area contributed by atoms with Crippen LogP contribution in [-0.4, -0.2) is 59.1 Å². The molecular formula is C18H24N4O3. The highest BCUT2D eigenvalue weighted by Crippen LogP contribution is 2.23. The van der Waals surface area contributed by atoms with Gasteiger partial charge in [0.2, 0.25) is 5.89 Å². The Kier molecular flexibility index (Phi) is 5.03. The molecule has 1 aromatic heterocycles. The lowest BCUT2D eigenvalue weighted by Gasteiger charge is -2.37. The van der Waals surface area contributed by atoms with Crippen LogP contribution in [0, 0.1) is 20.8 Å². The van der Waals surface area contributed by atoms with Crippen molar-refractivity contribution in [3.63, 3.8) is 0 Å². The molecule has 0 aliphatic carbocycles. The van der Waals surface area contributed by atoms with E-state index in [2.05, 4.69) is 15.0 Å². The molecule has 0 spiro atoms. The lowest BCUT2D eigenvalue weighted by molar-refractivity contribution is -0.136. The van der Waals surface area contributed by atoms with Crippen molar-refractivity contribution in [2.45, 2.75) is 26.8 Å². The summed E-state index contributed by atoms with van der Waals surface area (Å²) in [5.41, 5.74) is 2.21. The molecule has 0 bridgehead atoms. The van der Waals surface area contributed by atoms with Gasteiger partial charge in [0.25, 0.3) is 5.91 Å². The van der Waals surface area contributed by atoms with E-state index >= 15 is 0 Å². The normalized spacial score (nSPS) is 18.4. The van der Waals surface area contributed by atoms with Gasteiger partial charge in [-0.05, 0) is 39.4 Å². The van der Waals surface area contributed by atoms with Gasteiger partial charge in [-0.3, -0.25) is 9.69 Å². The van der Waals surface area contributed by atoms with Gasteiger partial charge in [-0.25, -0.2) is 0 Å². The molecule has 7 nitrogen and oxygen atoms in total. The van der Waals surface area contributed by atoms with Crippen LogP contribution in [-0.2, 0) is 4.79 Å². The summed E-state index contributed by atoms with van der Waals surface area (Å²) in [6.07, 6.45) is 0. The molecule has 3 rings (SSSR count). The highest BCUT2D eigenvalue weighted by atomic mass is 16.5. The summed E-state index contributed by atoms with van der Waals surface area (Å²) in [6.45, 7) is 7.77. The van der Waals surface area contributed by atoms with E-state index in [1.165, 1.54) is 5.56 Å². The summed E-state index contributed by atoms with van der Waals surface area (Å²) in [4.78, 5) is 20.8. The average Bonchev–Trinajstić information content (AvgIpc) is 3.00. The summed E-state index contributed by atoms with van der Waals surface area (Å²) in [6, 6.07) is 5.85. The van der Waals surface area contributed by atoms with Crippen molar-refractivity contribution < 1.29 is 14.1 Å². The molecule has 0 radical (unpaired) electrons. The summed E-state index contributed by atoms with van der Waals surface area (Å²) < 4.78 is 11.0. The number of amides is 1. The Morgan fingerprint density at radius 1 is 1.32 bits per heavy atom. The first-order valence-electron chi connectivity index (χ1n) is 8.42. The largest absolute Gasteiger partial charge is 0.484 e. The van der Waals surface area contributed by atoms with Gasteiger partial charge in [0.15, 0.2) is 12.4 Å². The predicted octanol–water partition coefficient (Wildman–Crippen LogP) is 1.89. The van der Waals surface area contributed by atoms with E-state index in [0.717, 1.165) is 17.9 Å². The van der Waals surface area contributed by atoms with Gasteiger partial charge in [-0.1, -0.05) is 22.9 Å². The van der Waals surface area contributed by atoms with Crippen LogP contribution in [0.15, 0.2) is 22.7 Å². The summed E-state index contributed by atoms with van der Waals surface area (Å²) in [5.74, 6) is 1.87. The van der Waals surface area contributed by atoms with Crippen molar-refractivity contribution in [3.05, 3.63) is 41.0 Å². The van der Waals surface area contributed by atoms with Crippen molar-refractivity contribution in [1.82, 2.24) is 19.9 Å². The number of nitrogens with zero attached hydrogens (tertiary/aromatic N) is 4. The Balaban J connectivity index is 1.62. The van der Waals surface area contributed by atoms with Crippen molar-refractivity contribution in [2.24, 2.45) is 0 Å². The van der Waals surface area contributed by atoms with E-state index < -0.39 is 0 Å². The van der Waals surface area contributed by atoms with Crippen molar-refractivity contribution >= 4 is 5.91 Å². The second-order valence-electron chi connectivity index (χ2n) is 6.57. The number of carbonyl (C=O) groups excluding carboxylic acids is 1. The molecule has 0 N–H and O–H groups in total. The zero-order valence-corrected chi connectivity index (χ0v) is 15.2. The Bertz CT molecular complexity index is 759. The lowest BCUT2D eigenvalue weighted by Crippen LogP contribution is -2.50. The second kappa shape index (κ2) is 7.23. The molecular weight excluding hydrogens is 320 g/mol. The van der Waals surface area contributed by atoms with Crippen molar-refractivity contribution in [1.29, 1.82) is 0 Å². The Labute approximate surface area is 147 Å². The minimum absolute atomic E-state index is 0.0309. The van der Waals surface area contributed by atoms with Crippen LogP contribution in [0.3, 0.4) is 0 Å². The minimum atomic E-state index is -0.0833. The first-order chi connectivity index (χ1) is 11.9. The van der Waals surface area contributed by atoms with Crippen LogP contribution >= 0.6 is 0 Å². The van der Waals surface area contributed by atoms with E-state index in [-0.39, 0.29) is 18.6 Å². The number of likely N-dealkylation sites (N-methyl/N-ethyl adjacent to an activating group) is 1. The van der Waals surface area contributed by atoms with Crippen LogP contribution < -0.4 is 4.74 Å². The molecule has 0 saturated carbocycles. The molecule has 2 aromatic rings. The molecule has 1 saturated heterocycles. The minimum Gasteiger partial charge on any atom is -0.484 e. The van der Waals surface area contributed by atoms with Crippen molar-refractivity contribution in [3.8, 4) is 5.75 Å². The number of hydrogen-bond donors (Lipinski definition) is 0. The van der Waals surface area contributed by atoms with E-state index in [1.807, 2.05) is 39.1 Å². The van der Waals surface area contributed by atoms with Gasteiger partial charge >= 0.3 is 0 Å². The van der Waals surface area contributed by atoms with Crippen LogP contribution in [0.4, 0.5) is 0 Å². The fraction of sp³-hybridized carbons (Fsp3) is 0.500. The molecule has 2 heterocycles. The third-order valence-electron chi connectivity index (χ3n) is 4.51. The highest BCUT2D eigenvalue weighted by Gasteiger charge is 2.32. The first-order valence-corrected chi connectivity index (χ1v) is 8.42. The molecule has 25 heavy (non-hydrogen) atoms. The molecule has 1 aliphatic rings. The number of benzene rings is 1. The molecule has 7 heteroatoms. The maximum Gasteiger partial charge on any atom is 0.260 e. The molecule has 1 aromatic carbocycles. The lowest BCUT2D eigenvalue weighted by atomic mass is 10.1. The number of ether oxygens (including phenoxy) is 1. The van der Waals surface area contributed by atoms with Gasteiger partial charge in [0.05, 0.1) is 0 Å². The zero-order chi connectivity index (χ0) is 18.0. The number of aryl methyl sites for hydroxylation is 3. The third-order valence-corrected chi connectivity index (χ3v) is 4.51. The predicted molar refractivity (Wildman–Crippen MR) is 92.4 cm³/mol. The van der Waals surface area contributed by atoms with Gasteiger partial charge in [-0.15, -0.1) is 0 Å².